The Bertz CT molecular complexity index is 684. The van der Waals surface area contributed by atoms with E-state index in [1.54, 1.807) is 11.5 Å². The maximum atomic E-state index is 12.7. The van der Waals surface area contributed by atoms with Gasteiger partial charge in [0.1, 0.15) is 5.82 Å². The van der Waals surface area contributed by atoms with Crippen LogP contribution in [0.4, 0.5) is 0 Å². The Morgan fingerprint density at radius 1 is 1.43 bits per heavy atom. The molecule has 1 amide bonds. The number of H-pyrrole nitrogens is 1. The normalized spacial score (nSPS) is 25.3. The van der Waals surface area contributed by atoms with Gasteiger partial charge >= 0.3 is 5.69 Å². The summed E-state index contributed by atoms with van der Waals surface area (Å²) in [6.45, 7) is 7.49. The summed E-state index contributed by atoms with van der Waals surface area (Å²) < 4.78 is 1.67. The summed E-state index contributed by atoms with van der Waals surface area (Å²) >= 11 is 0. The number of oxime groups is 1. The molecule has 8 heteroatoms. The van der Waals surface area contributed by atoms with Gasteiger partial charge in [0.25, 0.3) is 5.91 Å². The smallest absolute Gasteiger partial charge is 0.343 e. The lowest BCUT2D eigenvalue weighted by Gasteiger charge is -2.35. The molecule has 1 N–H and O–H groups in total. The molecule has 1 unspecified atom stereocenters. The highest BCUT2D eigenvalue weighted by molar-refractivity contribution is 5.94. The summed E-state index contributed by atoms with van der Waals surface area (Å²) in [5.74, 6) is 0.992. The molecule has 2 aliphatic rings. The first kappa shape index (κ1) is 15.8. The minimum atomic E-state index is -0.866. The fourth-order valence-corrected chi connectivity index (χ4v) is 3.47. The molecule has 0 spiro atoms. The Hall–Kier alpha value is -2.12. The number of hydrogen-bond donors (Lipinski definition) is 1. The summed E-state index contributed by atoms with van der Waals surface area (Å²) in [5, 5.41) is 10.6. The third-order valence-electron chi connectivity index (χ3n) is 4.70. The lowest BCUT2D eigenvalue weighted by molar-refractivity contribution is -0.154. The number of rotatable bonds is 3. The minimum absolute atomic E-state index is 0.00791. The zero-order chi connectivity index (χ0) is 16.6. The topological polar surface area (TPSA) is 92.6 Å². The molecule has 0 saturated carbocycles. The second kappa shape index (κ2) is 5.82. The largest absolute Gasteiger partial charge is 0.379 e. The Balaban J connectivity index is 1.65. The monoisotopic (exact) mass is 321 g/mol. The number of carbonyl (C=O) groups is 1. The average molecular weight is 321 g/mol. The van der Waals surface area contributed by atoms with E-state index in [9.17, 15) is 9.59 Å². The summed E-state index contributed by atoms with van der Waals surface area (Å²) in [6.07, 6.45) is 2.14. The number of piperidine rings is 1. The first-order valence-electron chi connectivity index (χ1n) is 8.10. The van der Waals surface area contributed by atoms with Crippen LogP contribution in [0.5, 0.6) is 0 Å². The third kappa shape index (κ3) is 2.77. The number of aromatic nitrogens is 3. The Kier molecular flexibility index (Phi) is 3.99. The van der Waals surface area contributed by atoms with Gasteiger partial charge < -0.3 is 9.74 Å². The van der Waals surface area contributed by atoms with E-state index in [1.165, 1.54) is 0 Å². The number of amides is 1. The summed E-state index contributed by atoms with van der Waals surface area (Å²) in [4.78, 5) is 31.6. The van der Waals surface area contributed by atoms with Gasteiger partial charge in [0.05, 0.1) is 5.71 Å². The molecule has 1 aromatic heterocycles. The Labute approximate surface area is 134 Å². The molecule has 1 fully saturated rings. The molecule has 126 valence electrons. The van der Waals surface area contributed by atoms with E-state index in [-0.39, 0.29) is 17.5 Å². The predicted octanol–water partition coefficient (Wildman–Crippen LogP) is 0.852. The lowest BCUT2D eigenvalue weighted by Crippen LogP contribution is -2.50. The Morgan fingerprint density at radius 3 is 2.70 bits per heavy atom. The van der Waals surface area contributed by atoms with Gasteiger partial charge in [-0.05, 0) is 33.6 Å². The number of likely N-dealkylation sites (tertiary alicyclic amines) is 1. The van der Waals surface area contributed by atoms with E-state index in [0.717, 1.165) is 24.4 Å². The van der Waals surface area contributed by atoms with Gasteiger partial charge in [-0.3, -0.25) is 9.36 Å². The highest BCUT2D eigenvalue weighted by Gasteiger charge is 2.44. The predicted molar refractivity (Wildman–Crippen MR) is 84.3 cm³/mol. The highest BCUT2D eigenvalue weighted by Crippen LogP contribution is 2.30. The summed E-state index contributed by atoms with van der Waals surface area (Å²) in [5.41, 5.74) is -0.186. The Morgan fingerprint density at radius 2 is 2.13 bits per heavy atom. The van der Waals surface area contributed by atoms with Gasteiger partial charge in [0, 0.05) is 32.0 Å². The van der Waals surface area contributed by atoms with Gasteiger partial charge in [-0.25, -0.2) is 9.89 Å². The maximum absolute atomic E-state index is 12.7. The summed E-state index contributed by atoms with van der Waals surface area (Å²) in [7, 11) is 0. The van der Waals surface area contributed by atoms with Crippen LogP contribution in [0.25, 0.3) is 0 Å². The first-order chi connectivity index (χ1) is 10.9. The van der Waals surface area contributed by atoms with E-state index in [4.69, 9.17) is 4.84 Å². The molecule has 23 heavy (non-hydrogen) atoms. The van der Waals surface area contributed by atoms with Crippen LogP contribution >= 0.6 is 0 Å². The maximum Gasteiger partial charge on any atom is 0.343 e. The van der Waals surface area contributed by atoms with Crippen LogP contribution in [0.15, 0.2) is 9.95 Å². The van der Waals surface area contributed by atoms with Crippen molar-refractivity contribution in [3.05, 3.63) is 16.3 Å². The van der Waals surface area contributed by atoms with Crippen molar-refractivity contribution in [1.82, 2.24) is 19.7 Å². The third-order valence-corrected chi connectivity index (χ3v) is 4.70. The van der Waals surface area contributed by atoms with Crippen molar-refractivity contribution in [2.24, 2.45) is 5.16 Å². The van der Waals surface area contributed by atoms with E-state index < -0.39 is 5.60 Å². The molecule has 0 bridgehead atoms. The van der Waals surface area contributed by atoms with E-state index in [2.05, 4.69) is 15.4 Å². The van der Waals surface area contributed by atoms with Crippen molar-refractivity contribution in [3.8, 4) is 0 Å². The van der Waals surface area contributed by atoms with E-state index in [1.807, 2.05) is 18.7 Å². The van der Waals surface area contributed by atoms with Crippen LogP contribution in [-0.4, -0.2) is 50.0 Å². The molecular formula is C15H23N5O3. The highest BCUT2D eigenvalue weighted by atomic mass is 16.7. The zero-order valence-corrected chi connectivity index (χ0v) is 13.8. The molecule has 0 aromatic carbocycles. The van der Waals surface area contributed by atoms with E-state index >= 15 is 0 Å². The van der Waals surface area contributed by atoms with Crippen LogP contribution in [0.1, 0.15) is 51.8 Å². The van der Waals surface area contributed by atoms with Gasteiger partial charge in [-0.15, -0.1) is 0 Å². The van der Waals surface area contributed by atoms with Crippen LogP contribution in [0, 0.1) is 0 Å². The molecule has 0 radical (unpaired) electrons. The molecule has 3 heterocycles. The van der Waals surface area contributed by atoms with Crippen molar-refractivity contribution in [2.75, 3.05) is 13.1 Å². The van der Waals surface area contributed by atoms with Gasteiger partial charge in [-0.2, -0.15) is 5.10 Å². The average Bonchev–Trinajstić information content (AvgIpc) is 3.09. The molecule has 8 nitrogen and oxygen atoms in total. The standard InChI is InChI=1S/C15H23N5O3/c1-4-20-12(16-17-14(20)22)11-5-7-19(8-6-11)13(21)15(3)9-10(2)18-23-15/h11H,4-9H2,1-3H3,(H,17,22). The molecule has 3 rings (SSSR count). The molecule has 1 saturated heterocycles. The fourth-order valence-electron chi connectivity index (χ4n) is 3.47. The van der Waals surface area contributed by atoms with Crippen molar-refractivity contribution in [1.29, 1.82) is 0 Å². The van der Waals surface area contributed by atoms with Crippen molar-refractivity contribution >= 4 is 11.6 Å². The molecule has 0 aliphatic carbocycles. The van der Waals surface area contributed by atoms with Crippen LogP contribution < -0.4 is 5.69 Å². The van der Waals surface area contributed by atoms with Crippen molar-refractivity contribution in [2.45, 2.75) is 58.1 Å². The van der Waals surface area contributed by atoms with Gasteiger partial charge in [0.2, 0.25) is 5.60 Å². The first-order valence-corrected chi connectivity index (χ1v) is 8.10. The SMILES string of the molecule is CCn1c(C2CCN(C(=O)C3(C)CC(C)=NO3)CC2)n[nH]c1=O. The second-order valence-corrected chi connectivity index (χ2v) is 6.52. The lowest BCUT2D eigenvalue weighted by atomic mass is 9.93. The second-order valence-electron chi connectivity index (χ2n) is 6.52. The fraction of sp³-hybridized carbons (Fsp3) is 0.733. The van der Waals surface area contributed by atoms with E-state index in [0.29, 0.717) is 26.1 Å². The molecule has 1 atom stereocenters. The number of nitrogens with zero attached hydrogens (tertiary/aromatic N) is 4. The van der Waals surface area contributed by atoms with Crippen LogP contribution in [0.2, 0.25) is 0 Å². The molecular weight excluding hydrogens is 298 g/mol. The number of hydrogen-bond acceptors (Lipinski definition) is 5. The number of nitrogens with one attached hydrogen (secondary N) is 1. The summed E-state index contributed by atoms with van der Waals surface area (Å²) in [6, 6.07) is 0. The van der Waals surface area contributed by atoms with Crippen LogP contribution in [-0.2, 0) is 16.2 Å². The number of carbonyl (C=O) groups excluding carboxylic acids is 1. The van der Waals surface area contributed by atoms with Crippen molar-refractivity contribution in [3.63, 3.8) is 0 Å². The van der Waals surface area contributed by atoms with Gasteiger partial charge in [-0.1, -0.05) is 5.16 Å². The zero-order valence-electron chi connectivity index (χ0n) is 13.8. The van der Waals surface area contributed by atoms with Crippen molar-refractivity contribution < 1.29 is 9.63 Å². The van der Waals surface area contributed by atoms with Gasteiger partial charge in [0.15, 0.2) is 0 Å². The minimum Gasteiger partial charge on any atom is -0.379 e. The number of aromatic amines is 1. The van der Waals surface area contributed by atoms with Crippen LogP contribution in [0.3, 0.4) is 0 Å². The quantitative estimate of drug-likeness (QED) is 0.893. The molecule has 2 aliphatic heterocycles. The molecule has 1 aromatic rings.